The van der Waals surface area contributed by atoms with Crippen LogP contribution >= 0.6 is 34.0 Å². The Balaban J connectivity index is 0.000000123. The highest BCUT2D eigenvalue weighted by molar-refractivity contribution is 7.17. The fourth-order valence-electron chi connectivity index (χ4n) is 21.8. The Hall–Kier alpha value is -10.3. The molecule has 6 atom stereocenters. The van der Waals surface area contributed by atoms with Crippen LogP contribution in [0.25, 0.3) is 99.0 Å². The summed E-state index contributed by atoms with van der Waals surface area (Å²) in [6.45, 7) is 11.5. The molecule has 0 aromatic carbocycles. The quantitative estimate of drug-likeness (QED) is 0.0386. The summed E-state index contributed by atoms with van der Waals surface area (Å²) in [5, 5.41) is 31.9. The number of piperazine rings is 2. The zero-order valence-electron chi connectivity index (χ0n) is 69.7. The number of likely N-dealkylation sites (N-methyl/N-ethyl adjacent to an activating group) is 2. The Kier molecular flexibility index (Phi) is 24.4. The van der Waals surface area contributed by atoms with Crippen LogP contribution in [0.2, 0.25) is 0 Å². The van der Waals surface area contributed by atoms with Gasteiger partial charge in [-0.25, -0.2) is 71.2 Å². The highest BCUT2D eigenvalue weighted by Gasteiger charge is 2.51. The van der Waals surface area contributed by atoms with Crippen LogP contribution in [-0.2, 0) is 51.5 Å². The minimum atomic E-state index is -0.835. The number of halogens is 6. The summed E-state index contributed by atoms with van der Waals surface area (Å²) >= 11 is 4.19. The number of ether oxygens (including phenoxy) is 1. The van der Waals surface area contributed by atoms with E-state index in [1.807, 2.05) is 31.3 Å². The molecule has 34 heteroatoms. The second kappa shape index (κ2) is 36.1. The van der Waals surface area contributed by atoms with Crippen molar-refractivity contribution in [1.82, 2.24) is 84.3 Å². The van der Waals surface area contributed by atoms with E-state index in [1.54, 1.807) is 35.6 Å². The highest BCUT2D eigenvalue weighted by atomic mass is 32.1. The Morgan fingerprint density at radius 3 is 1.10 bits per heavy atom. The number of amides is 1. The van der Waals surface area contributed by atoms with Crippen molar-refractivity contribution in [2.45, 2.75) is 109 Å². The number of thiophene rings is 3. The number of H-pyrrole nitrogens is 3. The number of aromatic amines is 3. The molecule has 658 valence electrons. The van der Waals surface area contributed by atoms with Gasteiger partial charge in [-0.15, -0.1) is 34.0 Å². The number of pyridine rings is 3. The second-order valence-electron chi connectivity index (χ2n) is 35.7. The van der Waals surface area contributed by atoms with Gasteiger partial charge in [-0.05, 0) is 218 Å². The Morgan fingerprint density at radius 1 is 0.413 bits per heavy atom. The number of hydrogen-bond donors (Lipinski definition) is 6. The molecule has 12 aromatic heterocycles. The fourth-order valence-corrected chi connectivity index (χ4v) is 24.8. The number of nitrogens with one attached hydrogen (secondary N) is 3. The number of carbonyl (C=O) groups excluding carboxylic acids is 1. The average Bonchev–Trinajstić information content (AvgIpc) is 1.77. The summed E-state index contributed by atoms with van der Waals surface area (Å²) in [4.78, 5) is 115. The van der Waals surface area contributed by atoms with Crippen molar-refractivity contribution in [3.05, 3.63) is 158 Å². The molecule has 15 heterocycles. The number of fused-ring (bicyclic) bond motifs is 12. The molecule has 126 heavy (non-hydrogen) atoms. The molecule has 0 radical (unpaired) electrons. The molecular weight excluding hydrogens is 1680 g/mol. The van der Waals surface area contributed by atoms with E-state index in [-0.39, 0.29) is 130 Å². The van der Waals surface area contributed by atoms with E-state index in [4.69, 9.17) is 14.7 Å². The van der Waals surface area contributed by atoms with Gasteiger partial charge in [0.25, 0.3) is 5.91 Å². The second-order valence-corrected chi connectivity index (χ2v) is 39.1. The van der Waals surface area contributed by atoms with Gasteiger partial charge >= 0.3 is 17.9 Å². The van der Waals surface area contributed by atoms with Crippen LogP contribution in [0.15, 0.2) is 91.8 Å². The van der Waals surface area contributed by atoms with Crippen molar-refractivity contribution in [1.29, 1.82) is 0 Å². The summed E-state index contributed by atoms with van der Waals surface area (Å²) in [5.41, 5.74) is 3.98. The number of carbonyl (C=O) groups is 4. The smallest absolute Gasteiger partial charge is 0.307 e. The van der Waals surface area contributed by atoms with Gasteiger partial charge in [0, 0.05) is 140 Å². The number of carboxylic acid groups (broad SMARTS) is 3. The lowest BCUT2D eigenvalue weighted by Crippen LogP contribution is -2.46. The van der Waals surface area contributed by atoms with Crippen LogP contribution in [0.4, 0.5) is 26.3 Å². The molecule has 6 bridgehead atoms. The SMILES string of the molecule is CN1CCN(C(=O)c2ccc(-c3nc(-c4c[nH]c5ncc(F)cc45)nc(C[C@H]4C5CCC(CC5)[C@@H]4C(=O)O)c3F)s2)CC1.CN1CCN(Cc2ccc(-c3nc(-c4c[nH]c5ncc(F)cc45)nc(C[C@H]4C5CCC(CC5)[C@@H]4C(=O)O)c3F)s2)CC1.O=C(O)[C@H]1C2CCC(CC2)[C@@H]1Cc1nc(-c2c[nH]c3ncc(F)cc23)nc(-c2ccc(CN3CCOCC3)s2)c1F. The van der Waals surface area contributed by atoms with Crippen LogP contribution in [0.1, 0.15) is 114 Å². The van der Waals surface area contributed by atoms with Crippen molar-refractivity contribution < 1.29 is 65.6 Å². The lowest BCUT2D eigenvalue weighted by Gasteiger charge is -2.46. The average molecular weight is 1780 g/mol. The summed E-state index contributed by atoms with van der Waals surface area (Å²) in [6.07, 6.45) is 20.2. The molecule has 9 aliphatic carbocycles. The first kappa shape index (κ1) is 85.1. The van der Waals surface area contributed by atoms with Crippen LogP contribution in [0, 0.1) is 106 Å². The van der Waals surface area contributed by atoms with Crippen LogP contribution < -0.4 is 0 Å². The molecule has 1 amide bonds. The van der Waals surface area contributed by atoms with Gasteiger partial charge < -0.3 is 49.7 Å². The number of nitrogens with zero attached hydrogens (tertiary/aromatic N) is 14. The molecule has 25 nitrogen and oxygen atoms in total. The van der Waals surface area contributed by atoms with Crippen molar-refractivity contribution >= 4 is 90.9 Å². The van der Waals surface area contributed by atoms with Crippen LogP contribution in [-0.4, -0.2) is 216 Å². The van der Waals surface area contributed by atoms with E-state index in [1.165, 1.54) is 52.2 Å². The van der Waals surface area contributed by atoms with Gasteiger partial charge in [-0.3, -0.25) is 29.0 Å². The maximum atomic E-state index is 16.4. The summed E-state index contributed by atoms with van der Waals surface area (Å²) in [7, 11) is 4.15. The minimum absolute atomic E-state index is 0.0500. The number of aliphatic carboxylic acids is 3. The maximum Gasteiger partial charge on any atom is 0.307 e. The monoisotopic (exact) mass is 1780 g/mol. The Bertz CT molecular complexity index is 6070. The predicted octanol–water partition coefficient (Wildman–Crippen LogP) is 16.1. The topological polar surface area (TPSA) is 318 Å². The number of aromatic nitrogens is 12. The van der Waals surface area contributed by atoms with E-state index in [0.29, 0.717) is 95.6 Å². The standard InChI is InChI=1S/C31H32F2N6O3S.C31H34F2N6O2S.C30H31F2N5O3S/c1-38-8-10-39(11-9-38)30(40)24-7-6-23(43-24)27-26(33)22(13-19-16-2-4-17(5-3-16)25(19)31(41)42)36-29(37-27)21-15-35-28-20(21)12-18(32)14-34-28;1-38-8-10-39(11-9-38)16-20-6-7-25(42-20)28-27(33)24(13-21-17-2-4-18(5-3-17)26(21)31(40)41)36-30(37-28)23-15-35-29-22(23)12-19(32)14-34-29;31-18-11-21-22(14-34-28(21)33-13-18)29-35-23(12-20-16-1-3-17(4-2-16)25(20)30(38)39)26(32)27(36-29)24-6-5-19(41-24)15-37-7-9-40-10-8-37/h6-7,12,14-17,19,25H,2-5,8-11,13H2,1H3,(H,34,35)(H,41,42);6-7,12,14-15,17-18,21,26H,2-5,8-11,13,16H2,1H3,(H,34,35)(H,40,41);5-6,11,13-14,16-17,20,25H,1-4,7-10,12,15H2,(H,33,34)(H,38,39)/t16?,17?,19-,25-;17?,18?,21-,26-;16?,17?,20-,25-/m000/s1. The first-order valence-electron chi connectivity index (χ1n) is 43.8. The number of hydrogen-bond acceptors (Lipinski definition) is 21. The molecule has 3 saturated heterocycles. The molecule has 0 unspecified atom stereocenters. The van der Waals surface area contributed by atoms with Gasteiger partial charge in [0.15, 0.2) is 34.9 Å². The number of carboxylic acids is 3. The van der Waals surface area contributed by atoms with Gasteiger partial charge in [0.1, 0.15) is 51.5 Å². The molecule has 12 fully saturated rings. The summed E-state index contributed by atoms with van der Waals surface area (Å²) < 4.78 is 97.3. The zero-order valence-corrected chi connectivity index (χ0v) is 72.2. The number of rotatable bonds is 20. The molecule has 12 aliphatic rings. The largest absolute Gasteiger partial charge is 0.481 e. The molecular formula is C92H97F6N17O8S3. The van der Waals surface area contributed by atoms with E-state index in [9.17, 15) is 47.7 Å². The third kappa shape index (κ3) is 17.3. The van der Waals surface area contributed by atoms with Gasteiger partial charge in [0.2, 0.25) is 0 Å². The van der Waals surface area contributed by atoms with Crippen molar-refractivity contribution in [2.24, 2.45) is 71.0 Å². The van der Waals surface area contributed by atoms with Crippen LogP contribution in [0.3, 0.4) is 0 Å². The van der Waals surface area contributed by atoms with Gasteiger partial charge in [-0.1, -0.05) is 0 Å². The Morgan fingerprint density at radius 2 is 0.738 bits per heavy atom. The predicted molar refractivity (Wildman–Crippen MR) is 465 cm³/mol. The van der Waals surface area contributed by atoms with E-state index in [0.717, 1.165) is 171 Å². The van der Waals surface area contributed by atoms with Crippen LogP contribution in [0.5, 0.6) is 0 Å². The van der Waals surface area contributed by atoms with Crippen molar-refractivity contribution in [3.8, 4) is 65.9 Å². The zero-order chi connectivity index (χ0) is 86.9. The Labute approximate surface area is 734 Å². The summed E-state index contributed by atoms with van der Waals surface area (Å²) in [6, 6.07) is 15.3. The normalized spacial score (nSPS) is 24.6. The maximum absolute atomic E-state index is 16.4. The van der Waals surface area contributed by atoms with E-state index in [2.05, 4.69) is 76.5 Å². The molecule has 24 rings (SSSR count). The third-order valence-corrected chi connectivity index (χ3v) is 31.6. The minimum Gasteiger partial charge on any atom is -0.481 e. The lowest BCUT2D eigenvalue weighted by molar-refractivity contribution is -0.153. The van der Waals surface area contributed by atoms with E-state index >= 15 is 13.2 Å². The molecule has 12 aromatic rings. The van der Waals surface area contributed by atoms with Gasteiger partial charge in [-0.2, -0.15) is 0 Å². The lowest BCUT2D eigenvalue weighted by atomic mass is 9.57. The highest BCUT2D eigenvalue weighted by Crippen LogP contribution is 2.54. The third-order valence-electron chi connectivity index (χ3n) is 28.4. The fraction of sp³-hybridized carbons (Fsp3) is 0.467. The van der Waals surface area contributed by atoms with Crippen molar-refractivity contribution in [2.75, 3.05) is 92.8 Å². The molecule has 9 saturated carbocycles. The van der Waals surface area contributed by atoms with Crippen molar-refractivity contribution in [3.63, 3.8) is 0 Å². The summed E-state index contributed by atoms with van der Waals surface area (Å²) in [5.74, 6) is -6.09. The first-order chi connectivity index (χ1) is 61.0. The first-order valence-corrected chi connectivity index (χ1v) is 46.2. The van der Waals surface area contributed by atoms with E-state index < -0.39 is 70.6 Å². The molecule has 6 N–H and O–H groups in total. The molecule has 3 aliphatic heterocycles. The number of morpholine rings is 1. The molecule has 0 spiro atoms. The van der Waals surface area contributed by atoms with Gasteiger partial charge in [0.05, 0.1) is 86.1 Å².